The van der Waals surface area contributed by atoms with Gasteiger partial charge in [-0.2, -0.15) is 0 Å². The van der Waals surface area contributed by atoms with E-state index in [9.17, 15) is 24.0 Å². The fourth-order valence-electron chi connectivity index (χ4n) is 5.03. The zero-order valence-corrected chi connectivity index (χ0v) is 24.0. The van der Waals surface area contributed by atoms with Gasteiger partial charge in [-0.05, 0) is 43.0 Å². The van der Waals surface area contributed by atoms with Gasteiger partial charge < -0.3 is 37.3 Å². The summed E-state index contributed by atoms with van der Waals surface area (Å²) in [6.07, 6.45) is 3.57. The van der Waals surface area contributed by atoms with E-state index in [4.69, 9.17) is 5.73 Å². The smallest absolute Gasteiger partial charge is 0.243 e. The Balaban J connectivity index is 1.65. The average molecular weight is 590 g/mol. The molecule has 3 atom stereocenters. The van der Waals surface area contributed by atoms with Crippen LogP contribution in [0.2, 0.25) is 0 Å². The zero-order chi connectivity index (χ0) is 30.6. The summed E-state index contributed by atoms with van der Waals surface area (Å²) < 4.78 is 0. The van der Waals surface area contributed by atoms with Crippen LogP contribution in [-0.4, -0.2) is 72.3 Å². The molecular weight excluding hydrogens is 550 g/mol. The summed E-state index contributed by atoms with van der Waals surface area (Å²) in [6, 6.07) is 13.8. The summed E-state index contributed by atoms with van der Waals surface area (Å²) in [4.78, 5) is 68.9. The summed E-state index contributed by atoms with van der Waals surface area (Å²) in [5.74, 6) is -2.55. The molecule has 12 heteroatoms. The number of benzene rings is 2. The van der Waals surface area contributed by atoms with E-state index >= 15 is 0 Å². The molecular formula is C31H39N7O5. The number of aromatic amines is 1. The Labute approximate surface area is 249 Å². The van der Waals surface area contributed by atoms with Gasteiger partial charge in [-0.25, -0.2) is 0 Å². The molecule has 3 aromatic rings. The first kappa shape index (κ1) is 31.2. The van der Waals surface area contributed by atoms with Crippen molar-refractivity contribution in [3.63, 3.8) is 0 Å². The van der Waals surface area contributed by atoms with Crippen LogP contribution in [0.1, 0.15) is 36.8 Å². The predicted molar refractivity (Wildman–Crippen MR) is 161 cm³/mol. The standard InChI is InChI=1S/C31H39N7O5/c32-14-7-6-12-24-29(41)35-19-28(40)33-15-13-27(39)36-25(16-20-8-2-1-3-9-20)30(42)38-26(31(43)37-24)17-21-18-34-23-11-5-4-10-22(21)23/h1-5,8-11,18,24-26,34H,6-7,12-17,19,32H2,(H,33,40)(H,35,41)(H,36,39)(H,37,43)(H,38,42)/t24-,25-,26-/m0/s1. The van der Waals surface area contributed by atoms with Crippen molar-refractivity contribution in [3.8, 4) is 0 Å². The molecule has 8 N–H and O–H groups in total. The fourth-order valence-corrected chi connectivity index (χ4v) is 5.03. The molecule has 228 valence electrons. The Morgan fingerprint density at radius 3 is 2.16 bits per heavy atom. The van der Waals surface area contributed by atoms with Crippen LogP contribution in [0.5, 0.6) is 0 Å². The van der Waals surface area contributed by atoms with E-state index in [1.165, 1.54) is 0 Å². The minimum Gasteiger partial charge on any atom is -0.361 e. The van der Waals surface area contributed by atoms with Crippen molar-refractivity contribution < 1.29 is 24.0 Å². The van der Waals surface area contributed by atoms with Gasteiger partial charge in [0.05, 0.1) is 6.54 Å². The summed E-state index contributed by atoms with van der Waals surface area (Å²) in [5.41, 5.74) is 8.14. The molecule has 1 aliphatic heterocycles. The second kappa shape index (κ2) is 15.5. The number of unbranched alkanes of at least 4 members (excludes halogenated alkanes) is 1. The Morgan fingerprint density at radius 1 is 0.698 bits per heavy atom. The lowest BCUT2D eigenvalue weighted by molar-refractivity contribution is -0.134. The molecule has 1 aromatic heterocycles. The van der Waals surface area contributed by atoms with Gasteiger partial charge >= 0.3 is 0 Å². The Kier molecular flexibility index (Phi) is 11.3. The normalized spacial score (nSPS) is 21.0. The first-order chi connectivity index (χ1) is 20.8. The number of fused-ring (bicyclic) bond motifs is 1. The third kappa shape index (κ3) is 9.14. The molecule has 5 amide bonds. The summed E-state index contributed by atoms with van der Waals surface area (Å²) in [6.45, 7) is 0.147. The Hall–Kier alpha value is -4.71. The maximum atomic E-state index is 13.8. The van der Waals surface area contributed by atoms with Crippen LogP contribution in [0.15, 0.2) is 60.8 Å². The molecule has 0 bridgehead atoms. The van der Waals surface area contributed by atoms with E-state index < -0.39 is 47.7 Å². The molecule has 1 saturated heterocycles. The van der Waals surface area contributed by atoms with E-state index in [0.717, 1.165) is 22.0 Å². The minimum atomic E-state index is -1.07. The summed E-state index contributed by atoms with van der Waals surface area (Å²) in [7, 11) is 0. The predicted octanol–water partition coefficient (Wildman–Crippen LogP) is 0.173. The highest BCUT2D eigenvalue weighted by Gasteiger charge is 2.31. The van der Waals surface area contributed by atoms with Gasteiger partial charge in [-0.1, -0.05) is 48.5 Å². The molecule has 0 aliphatic carbocycles. The lowest BCUT2D eigenvalue weighted by Gasteiger charge is -2.26. The van der Waals surface area contributed by atoms with Crippen molar-refractivity contribution in [1.82, 2.24) is 31.6 Å². The SMILES string of the molecule is NCCCC[C@@H]1NC(=O)[C@H](Cc2c[nH]c3ccccc23)NC(=O)[C@H](Cc2ccccc2)NC(=O)CCNC(=O)CNC1=O. The van der Waals surface area contributed by atoms with Crippen LogP contribution in [0.25, 0.3) is 10.9 Å². The molecule has 0 radical (unpaired) electrons. The number of nitrogens with one attached hydrogen (secondary N) is 6. The number of hydrogen-bond donors (Lipinski definition) is 7. The summed E-state index contributed by atoms with van der Waals surface area (Å²) >= 11 is 0. The number of nitrogens with two attached hydrogens (primary N) is 1. The van der Waals surface area contributed by atoms with Crippen molar-refractivity contribution in [3.05, 3.63) is 71.9 Å². The number of rotatable bonds is 8. The molecule has 43 heavy (non-hydrogen) atoms. The highest BCUT2D eigenvalue weighted by molar-refractivity contribution is 5.96. The van der Waals surface area contributed by atoms with Gasteiger partial charge in [0.25, 0.3) is 0 Å². The molecule has 0 saturated carbocycles. The number of carbonyl (C=O) groups excluding carboxylic acids is 5. The first-order valence-corrected chi connectivity index (χ1v) is 14.6. The van der Waals surface area contributed by atoms with Gasteiger partial charge in [-0.15, -0.1) is 0 Å². The Bertz CT molecular complexity index is 1420. The fraction of sp³-hybridized carbons (Fsp3) is 0.387. The number of carbonyl (C=O) groups is 5. The average Bonchev–Trinajstić information content (AvgIpc) is 3.41. The number of H-pyrrole nitrogens is 1. The number of amides is 5. The van der Waals surface area contributed by atoms with Gasteiger partial charge in [0.2, 0.25) is 29.5 Å². The monoisotopic (exact) mass is 589 g/mol. The minimum absolute atomic E-state index is 0.0278. The van der Waals surface area contributed by atoms with E-state index in [2.05, 4.69) is 31.6 Å². The highest BCUT2D eigenvalue weighted by Crippen LogP contribution is 2.19. The van der Waals surface area contributed by atoms with Crippen LogP contribution in [0.3, 0.4) is 0 Å². The largest absolute Gasteiger partial charge is 0.361 e. The van der Waals surface area contributed by atoms with Crippen LogP contribution < -0.4 is 32.3 Å². The van der Waals surface area contributed by atoms with E-state index in [1.807, 2.05) is 54.6 Å². The van der Waals surface area contributed by atoms with E-state index in [-0.39, 0.29) is 32.4 Å². The zero-order valence-electron chi connectivity index (χ0n) is 24.0. The van der Waals surface area contributed by atoms with Crippen molar-refractivity contribution in [2.45, 2.75) is 56.7 Å². The Morgan fingerprint density at radius 2 is 1.40 bits per heavy atom. The molecule has 0 spiro atoms. The van der Waals surface area contributed by atoms with E-state index in [1.54, 1.807) is 6.20 Å². The maximum Gasteiger partial charge on any atom is 0.243 e. The van der Waals surface area contributed by atoms with Gasteiger partial charge in [0, 0.05) is 42.9 Å². The highest BCUT2D eigenvalue weighted by atomic mass is 16.2. The molecule has 1 fully saturated rings. The van der Waals surface area contributed by atoms with E-state index in [0.29, 0.717) is 25.8 Å². The second-order valence-corrected chi connectivity index (χ2v) is 10.6. The molecule has 2 aromatic carbocycles. The van der Waals surface area contributed by atoms with Gasteiger partial charge in [-0.3, -0.25) is 24.0 Å². The lowest BCUT2D eigenvalue weighted by atomic mass is 10.0. The molecule has 0 unspecified atom stereocenters. The maximum absolute atomic E-state index is 13.8. The van der Waals surface area contributed by atoms with Crippen LogP contribution in [0.4, 0.5) is 0 Å². The second-order valence-electron chi connectivity index (χ2n) is 10.6. The molecule has 2 heterocycles. The number of para-hydroxylation sites is 1. The number of hydrogen-bond acceptors (Lipinski definition) is 6. The topological polar surface area (TPSA) is 187 Å². The summed E-state index contributed by atoms with van der Waals surface area (Å²) in [5, 5.41) is 14.5. The third-order valence-electron chi connectivity index (χ3n) is 7.34. The third-order valence-corrected chi connectivity index (χ3v) is 7.34. The van der Waals surface area contributed by atoms with Crippen LogP contribution in [0, 0.1) is 0 Å². The molecule has 4 rings (SSSR count). The van der Waals surface area contributed by atoms with Gasteiger partial charge in [0.15, 0.2) is 0 Å². The van der Waals surface area contributed by atoms with Crippen LogP contribution in [-0.2, 0) is 36.8 Å². The molecule has 12 nitrogen and oxygen atoms in total. The van der Waals surface area contributed by atoms with Crippen molar-refractivity contribution in [2.75, 3.05) is 19.6 Å². The van der Waals surface area contributed by atoms with Crippen molar-refractivity contribution >= 4 is 40.4 Å². The van der Waals surface area contributed by atoms with Crippen LogP contribution >= 0.6 is 0 Å². The van der Waals surface area contributed by atoms with Crippen molar-refractivity contribution in [2.24, 2.45) is 5.73 Å². The first-order valence-electron chi connectivity index (χ1n) is 14.6. The lowest BCUT2D eigenvalue weighted by Crippen LogP contribution is -2.58. The molecule has 1 aliphatic rings. The van der Waals surface area contributed by atoms with Gasteiger partial charge in [0.1, 0.15) is 18.1 Å². The number of aromatic nitrogens is 1. The quantitative estimate of drug-likeness (QED) is 0.184. The van der Waals surface area contributed by atoms with Crippen molar-refractivity contribution in [1.29, 1.82) is 0 Å².